The van der Waals surface area contributed by atoms with E-state index in [1.165, 1.54) is 0 Å². The van der Waals surface area contributed by atoms with Gasteiger partial charge in [0.2, 0.25) is 0 Å². The number of allylic oxidation sites excluding steroid dienone is 2. The van der Waals surface area contributed by atoms with Crippen LogP contribution in [0.25, 0.3) is 0 Å². The summed E-state index contributed by atoms with van der Waals surface area (Å²) >= 11 is 0. The van der Waals surface area contributed by atoms with Crippen molar-refractivity contribution in [1.82, 2.24) is 0 Å². The first-order valence-corrected chi connectivity index (χ1v) is 3.93. The molecule has 0 spiro atoms. The van der Waals surface area contributed by atoms with Gasteiger partial charge in [0.15, 0.2) is 0 Å². The molecule has 4 N–H and O–H groups in total. The van der Waals surface area contributed by atoms with Crippen LogP contribution in [0.4, 0.5) is 0 Å². The average molecular weight is 154 g/mol. The summed E-state index contributed by atoms with van der Waals surface area (Å²) in [6.07, 6.45) is 5.60. The molecule has 0 amide bonds. The molecule has 0 saturated carbocycles. The third-order valence-corrected chi connectivity index (χ3v) is 1.82. The molecular weight excluding hydrogens is 136 g/mol. The second-order valence-electron chi connectivity index (χ2n) is 2.71. The van der Waals surface area contributed by atoms with Crippen LogP contribution >= 0.6 is 0 Å². The summed E-state index contributed by atoms with van der Waals surface area (Å²) in [4.78, 5) is 0. The van der Waals surface area contributed by atoms with Gasteiger partial charge in [0.25, 0.3) is 0 Å². The lowest BCUT2D eigenvalue weighted by molar-refractivity contribution is 0.434. The molecule has 0 bridgehead atoms. The zero-order valence-electron chi connectivity index (χ0n) is 7.00. The smallest absolute Gasteiger partial charge is 0.0197 e. The first-order valence-electron chi connectivity index (χ1n) is 3.93. The van der Waals surface area contributed by atoms with E-state index in [4.69, 9.17) is 11.5 Å². The van der Waals surface area contributed by atoms with Crippen LogP contribution in [0.5, 0.6) is 0 Å². The maximum Gasteiger partial charge on any atom is 0.0197 e. The Labute approximate surface area is 69.0 Å². The van der Waals surface area contributed by atoms with Crippen LogP contribution < -0.4 is 11.5 Å². The van der Waals surface area contributed by atoms with Gasteiger partial charge in [0, 0.05) is 12.6 Å². The highest BCUT2D eigenvalue weighted by molar-refractivity contribution is 4.85. The lowest BCUT2D eigenvalue weighted by Gasteiger charge is -2.19. The van der Waals surface area contributed by atoms with Crippen LogP contribution in [0.3, 0.4) is 0 Å². The van der Waals surface area contributed by atoms with Gasteiger partial charge >= 0.3 is 0 Å². The van der Waals surface area contributed by atoms with Gasteiger partial charge in [-0.1, -0.05) is 12.2 Å². The lowest BCUT2D eigenvalue weighted by atomic mass is 9.93. The van der Waals surface area contributed by atoms with Gasteiger partial charge in [-0.05, 0) is 18.8 Å². The Balaban J connectivity index is 3.84. The fraction of sp³-hybridized carbons (Fsp3) is 0.556. The van der Waals surface area contributed by atoms with E-state index in [0.717, 1.165) is 12.8 Å². The predicted molar refractivity (Wildman–Crippen MR) is 50.1 cm³/mol. The van der Waals surface area contributed by atoms with E-state index in [0.29, 0.717) is 12.5 Å². The first-order chi connectivity index (χ1) is 5.26. The molecule has 0 saturated heterocycles. The molecule has 0 aliphatic heterocycles. The summed E-state index contributed by atoms with van der Waals surface area (Å²) in [5.74, 6) is 0.412. The molecule has 1 unspecified atom stereocenters. The third-order valence-electron chi connectivity index (χ3n) is 1.82. The van der Waals surface area contributed by atoms with Crippen molar-refractivity contribution < 1.29 is 0 Å². The summed E-state index contributed by atoms with van der Waals surface area (Å²) < 4.78 is 0. The highest BCUT2D eigenvalue weighted by Crippen LogP contribution is 2.12. The van der Waals surface area contributed by atoms with E-state index >= 15 is 0 Å². The lowest BCUT2D eigenvalue weighted by Crippen LogP contribution is -2.36. The molecule has 2 nitrogen and oxygen atoms in total. The topological polar surface area (TPSA) is 52.0 Å². The van der Waals surface area contributed by atoms with E-state index in [1.54, 1.807) is 0 Å². The highest BCUT2D eigenvalue weighted by Gasteiger charge is 2.12. The molecule has 0 heterocycles. The Kier molecular flexibility index (Phi) is 5.80. The van der Waals surface area contributed by atoms with Crippen LogP contribution in [-0.2, 0) is 0 Å². The van der Waals surface area contributed by atoms with Crippen LogP contribution in [0, 0.1) is 5.92 Å². The molecule has 0 aromatic carbocycles. The Morgan fingerprint density at radius 1 is 1.18 bits per heavy atom. The average Bonchev–Trinajstić information content (AvgIpc) is 2.03. The molecule has 0 rings (SSSR count). The maximum absolute atomic E-state index is 5.77. The summed E-state index contributed by atoms with van der Waals surface area (Å²) in [7, 11) is 0. The van der Waals surface area contributed by atoms with E-state index < -0.39 is 0 Å². The van der Waals surface area contributed by atoms with Gasteiger partial charge < -0.3 is 11.5 Å². The maximum atomic E-state index is 5.77. The van der Waals surface area contributed by atoms with Crippen molar-refractivity contribution in [2.24, 2.45) is 17.4 Å². The Bertz CT molecular complexity index is 111. The van der Waals surface area contributed by atoms with Crippen LogP contribution in [0.1, 0.15) is 12.8 Å². The minimum atomic E-state index is 0.0750. The van der Waals surface area contributed by atoms with Crippen LogP contribution in [0.15, 0.2) is 25.3 Å². The van der Waals surface area contributed by atoms with Crippen molar-refractivity contribution in [3.63, 3.8) is 0 Å². The second kappa shape index (κ2) is 6.13. The van der Waals surface area contributed by atoms with Crippen LogP contribution in [-0.4, -0.2) is 12.6 Å². The van der Waals surface area contributed by atoms with Crippen molar-refractivity contribution >= 4 is 0 Å². The summed E-state index contributed by atoms with van der Waals surface area (Å²) in [5.41, 5.74) is 11.2. The summed E-state index contributed by atoms with van der Waals surface area (Å²) in [5, 5.41) is 0. The van der Waals surface area contributed by atoms with Gasteiger partial charge in [-0.15, -0.1) is 13.2 Å². The first kappa shape index (κ1) is 10.4. The predicted octanol–water partition coefficient (Wildman–Crippen LogP) is 1.04. The number of hydrogen-bond donors (Lipinski definition) is 2. The van der Waals surface area contributed by atoms with Crippen LogP contribution in [0.2, 0.25) is 0 Å². The van der Waals surface area contributed by atoms with Gasteiger partial charge in [0.1, 0.15) is 0 Å². The van der Waals surface area contributed by atoms with Crippen molar-refractivity contribution in [1.29, 1.82) is 0 Å². The van der Waals surface area contributed by atoms with Crippen molar-refractivity contribution in [2.45, 2.75) is 18.9 Å². The molecule has 0 aromatic rings. The Morgan fingerprint density at radius 2 is 1.64 bits per heavy atom. The summed E-state index contributed by atoms with van der Waals surface area (Å²) in [6, 6.07) is 0.0750. The molecule has 1 atom stereocenters. The number of nitrogens with two attached hydrogens (primary N) is 2. The Morgan fingerprint density at radius 3 is 1.91 bits per heavy atom. The standard InChI is InChI=1S/C9H18N2/c1-3-5-8(6-4-2)9(11)7-10/h3-4,8-9H,1-2,5-7,10-11H2. The molecule has 0 aromatic heterocycles. The highest BCUT2D eigenvalue weighted by atomic mass is 14.7. The quantitative estimate of drug-likeness (QED) is 0.562. The zero-order chi connectivity index (χ0) is 8.69. The van der Waals surface area contributed by atoms with Gasteiger partial charge in [-0.2, -0.15) is 0 Å². The van der Waals surface area contributed by atoms with Crippen molar-refractivity contribution in [2.75, 3.05) is 6.54 Å². The largest absolute Gasteiger partial charge is 0.329 e. The molecule has 0 aliphatic carbocycles. The van der Waals surface area contributed by atoms with Gasteiger partial charge in [-0.25, -0.2) is 0 Å². The fourth-order valence-electron chi connectivity index (χ4n) is 1.07. The molecular formula is C9H18N2. The van der Waals surface area contributed by atoms with Gasteiger partial charge in [-0.3, -0.25) is 0 Å². The fourth-order valence-corrected chi connectivity index (χ4v) is 1.07. The van der Waals surface area contributed by atoms with Gasteiger partial charge in [0.05, 0.1) is 0 Å². The second-order valence-corrected chi connectivity index (χ2v) is 2.71. The molecule has 11 heavy (non-hydrogen) atoms. The molecule has 64 valence electrons. The number of hydrogen-bond acceptors (Lipinski definition) is 2. The molecule has 0 aliphatic rings. The van der Waals surface area contributed by atoms with Crippen molar-refractivity contribution in [3.05, 3.63) is 25.3 Å². The molecule has 0 fully saturated rings. The van der Waals surface area contributed by atoms with E-state index in [1.807, 2.05) is 12.2 Å². The van der Waals surface area contributed by atoms with E-state index in [2.05, 4.69) is 13.2 Å². The van der Waals surface area contributed by atoms with E-state index in [9.17, 15) is 0 Å². The normalized spacial score (nSPS) is 13.0. The Hall–Kier alpha value is -0.600. The zero-order valence-corrected chi connectivity index (χ0v) is 7.00. The summed E-state index contributed by atoms with van der Waals surface area (Å²) in [6.45, 7) is 7.87. The SMILES string of the molecule is C=CCC(CC=C)C(N)CN. The molecule has 0 radical (unpaired) electrons. The monoisotopic (exact) mass is 154 g/mol. The minimum Gasteiger partial charge on any atom is -0.329 e. The number of rotatable bonds is 6. The van der Waals surface area contributed by atoms with Crippen molar-refractivity contribution in [3.8, 4) is 0 Å². The minimum absolute atomic E-state index is 0.0750. The molecule has 2 heteroatoms. The third kappa shape index (κ3) is 3.96. The van der Waals surface area contributed by atoms with E-state index in [-0.39, 0.29) is 6.04 Å².